The Labute approximate surface area is 109 Å². The van der Waals surface area contributed by atoms with Crippen molar-refractivity contribution in [1.29, 1.82) is 5.26 Å². The lowest BCUT2D eigenvalue weighted by Crippen LogP contribution is -2.34. The van der Waals surface area contributed by atoms with E-state index in [-0.39, 0.29) is 36.1 Å². The lowest BCUT2D eigenvalue weighted by molar-refractivity contribution is -0.121. The lowest BCUT2D eigenvalue weighted by Gasteiger charge is -2.10. The number of carbonyl (C=O) groups excluding carboxylic acids is 1. The van der Waals surface area contributed by atoms with Crippen molar-refractivity contribution in [2.24, 2.45) is 0 Å². The molecule has 0 saturated heterocycles. The van der Waals surface area contributed by atoms with Gasteiger partial charge in [-0.2, -0.15) is 5.26 Å². The summed E-state index contributed by atoms with van der Waals surface area (Å²) in [5, 5.41) is 11.0. The molecular weight excluding hydrogens is 256 g/mol. The van der Waals surface area contributed by atoms with Gasteiger partial charge in [0.15, 0.2) is 0 Å². The van der Waals surface area contributed by atoms with Gasteiger partial charge in [0.05, 0.1) is 12.5 Å². The summed E-state index contributed by atoms with van der Waals surface area (Å²) < 4.78 is 1.27. The Kier molecular flexibility index (Phi) is 5.33. The van der Waals surface area contributed by atoms with Crippen LogP contribution in [0.3, 0.4) is 0 Å². The molecule has 0 bridgehead atoms. The van der Waals surface area contributed by atoms with Gasteiger partial charge in [-0.25, -0.2) is 4.98 Å². The Morgan fingerprint density at radius 3 is 3.00 bits per heavy atom. The fourth-order valence-corrected chi connectivity index (χ4v) is 1.61. The van der Waals surface area contributed by atoms with E-state index in [1.54, 1.807) is 0 Å². The number of halogens is 1. The van der Waals surface area contributed by atoms with Crippen LogP contribution in [0.1, 0.15) is 19.2 Å². The maximum Gasteiger partial charge on any atom is 0.255 e. The molecule has 6 nitrogen and oxygen atoms in total. The van der Waals surface area contributed by atoms with Gasteiger partial charge in [0, 0.05) is 19.0 Å². The summed E-state index contributed by atoms with van der Waals surface area (Å²) in [6, 6.07) is 3.09. The quantitative estimate of drug-likeness (QED) is 0.622. The molecule has 1 aromatic rings. The monoisotopic (exact) mass is 268 g/mol. The molecule has 0 aliphatic rings. The van der Waals surface area contributed by atoms with E-state index in [4.69, 9.17) is 16.9 Å². The molecule has 0 radical (unpaired) electrons. The van der Waals surface area contributed by atoms with Gasteiger partial charge in [0.1, 0.15) is 17.5 Å². The average molecular weight is 269 g/mol. The van der Waals surface area contributed by atoms with Crippen LogP contribution in [0.4, 0.5) is 0 Å². The summed E-state index contributed by atoms with van der Waals surface area (Å²) >= 11 is 5.68. The number of hydrogen-bond acceptors (Lipinski definition) is 4. The van der Waals surface area contributed by atoms with Gasteiger partial charge in [0.25, 0.3) is 5.56 Å². The first-order chi connectivity index (χ1) is 8.58. The normalized spacial score (nSPS) is 9.83. The molecule has 0 aliphatic heterocycles. The molecule has 1 heterocycles. The highest BCUT2D eigenvalue weighted by Gasteiger charge is 2.10. The predicted molar refractivity (Wildman–Crippen MR) is 66.1 cm³/mol. The second-order valence-corrected chi connectivity index (χ2v) is 3.92. The molecule has 1 N–H and O–H groups in total. The third kappa shape index (κ3) is 3.86. The zero-order chi connectivity index (χ0) is 13.5. The van der Waals surface area contributed by atoms with Crippen LogP contribution in [0.5, 0.6) is 0 Å². The van der Waals surface area contributed by atoms with E-state index in [2.05, 4.69) is 10.3 Å². The Morgan fingerprint density at radius 1 is 1.67 bits per heavy atom. The first-order valence-electron chi connectivity index (χ1n) is 5.48. The van der Waals surface area contributed by atoms with E-state index >= 15 is 0 Å². The molecule has 96 valence electrons. The molecule has 0 aliphatic carbocycles. The van der Waals surface area contributed by atoms with Crippen molar-refractivity contribution >= 4 is 17.5 Å². The van der Waals surface area contributed by atoms with E-state index in [9.17, 15) is 9.59 Å². The van der Waals surface area contributed by atoms with Crippen molar-refractivity contribution < 1.29 is 4.79 Å². The molecule has 1 aromatic heterocycles. The highest BCUT2D eigenvalue weighted by molar-refractivity contribution is 6.29. The lowest BCUT2D eigenvalue weighted by atomic mass is 10.4. The average Bonchev–Trinajstić information content (AvgIpc) is 2.32. The van der Waals surface area contributed by atoms with Gasteiger partial charge in [-0.1, -0.05) is 18.5 Å². The molecule has 0 unspecified atom stereocenters. The highest BCUT2D eigenvalue weighted by Crippen LogP contribution is 2.02. The van der Waals surface area contributed by atoms with Crippen molar-refractivity contribution in [1.82, 2.24) is 14.9 Å². The minimum atomic E-state index is -0.359. The van der Waals surface area contributed by atoms with E-state index in [0.717, 1.165) is 0 Å². The highest BCUT2D eigenvalue weighted by atomic mass is 35.5. The maximum absolute atomic E-state index is 11.7. The fourth-order valence-electron chi connectivity index (χ4n) is 1.42. The van der Waals surface area contributed by atoms with Crippen molar-refractivity contribution in [3.63, 3.8) is 0 Å². The number of nitrogens with one attached hydrogen (secondary N) is 1. The minimum Gasteiger partial charge on any atom is -0.354 e. The fraction of sp³-hybridized carbons (Fsp3) is 0.455. The molecule has 1 amide bonds. The molecule has 7 heteroatoms. The van der Waals surface area contributed by atoms with Gasteiger partial charge >= 0.3 is 0 Å². The number of aromatic nitrogens is 2. The zero-order valence-electron chi connectivity index (χ0n) is 9.94. The first-order valence-corrected chi connectivity index (χ1v) is 5.86. The number of amides is 1. The van der Waals surface area contributed by atoms with Gasteiger partial charge < -0.3 is 5.32 Å². The number of carbonyl (C=O) groups is 1. The largest absolute Gasteiger partial charge is 0.354 e. The van der Waals surface area contributed by atoms with E-state index in [0.29, 0.717) is 12.2 Å². The number of nitriles is 1. The second kappa shape index (κ2) is 6.77. The topological polar surface area (TPSA) is 87.8 Å². The van der Waals surface area contributed by atoms with Crippen LogP contribution in [0.15, 0.2) is 10.9 Å². The third-order valence-corrected chi connectivity index (χ3v) is 2.43. The Bertz CT molecular complexity index is 533. The summed E-state index contributed by atoms with van der Waals surface area (Å²) in [6.07, 6.45) is 0.738. The molecule has 0 fully saturated rings. The SMILES string of the molecule is CCc1nc(Cl)cc(=O)n1CC(=O)NCCC#N. The predicted octanol–water partition coefficient (Wildman–Crippen LogP) is 0.489. The number of rotatable bonds is 5. The van der Waals surface area contributed by atoms with Gasteiger partial charge in [0.2, 0.25) is 5.91 Å². The Balaban J connectivity index is 2.81. The molecule has 0 atom stereocenters. The van der Waals surface area contributed by atoms with Crippen LogP contribution in [0, 0.1) is 11.3 Å². The van der Waals surface area contributed by atoms with Crippen molar-refractivity contribution in [3.8, 4) is 6.07 Å². The van der Waals surface area contributed by atoms with E-state index < -0.39 is 0 Å². The van der Waals surface area contributed by atoms with Crippen molar-refractivity contribution in [2.75, 3.05) is 6.54 Å². The number of nitrogens with zero attached hydrogens (tertiary/aromatic N) is 3. The van der Waals surface area contributed by atoms with Crippen molar-refractivity contribution in [2.45, 2.75) is 26.3 Å². The summed E-state index contributed by atoms with van der Waals surface area (Å²) in [7, 11) is 0. The van der Waals surface area contributed by atoms with Crippen molar-refractivity contribution in [3.05, 3.63) is 27.4 Å². The van der Waals surface area contributed by atoms with Crippen LogP contribution in [-0.2, 0) is 17.8 Å². The van der Waals surface area contributed by atoms with Crippen LogP contribution >= 0.6 is 11.6 Å². The van der Waals surface area contributed by atoms with E-state index in [1.807, 2.05) is 13.0 Å². The smallest absolute Gasteiger partial charge is 0.255 e. The molecule has 0 spiro atoms. The molecule has 0 saturated carbocycles. The maximum atomic E-state index is 11.7. The van der Waals surface area contributed by atoms with Crippen LogP contribution in [0.25, 0.3) is 0 Å². The first kappa shape index (κ1) is 14.2. The zero-order valence-corrected chi connectivity index (χ0v) is 10.7. The Morgan fingerprint density at radius 2 is 2.39 bits per heavy atom. The molecule has 18 heavy (non-hydrogen) atoms. The van der Waals surface area contributed by atoms with Crippen LogP contribution < -0.4 is 10.9 Å². The van der Waals surface area contributed by atoms with Crippen LogP contribution in [0.2, 0.25) is 5.15 Å². The minimum absolute atomic E-state index is 0.113. The summed E-state index contributed by atoms with van der Waals surface area (Å²) in [6.45, 7) is 1.98. The van der Waals surface area contributed by atoms with Gasteiger partial charge in [-0.15, -0.1) is 0 Å². The molecule has 1 rings (SSSR count). The summed E-state index contributed by atoms with van der Waals surface area (Å²) in [5.41, 5.74) is -0.359. The summed E-state index contributed by atoms with van der Waals surface area (Å²) in [5.74, 6) is 0.133. The van der Waals surface area contributed by atoms with Crippen LogP contribution in [-0.4, -0.2) is 22.0 Å². The Hall–Kier alpha value is -1.87. The van der Waals surface area contributed by atoms with Gasteiger partial charge in [-0.05, 0) is 0 Å². The third-order valence-electron chi connectivity index (χ3n) is 2.23. The van der Waals surface area contributed by atoms with Gasteiger partial charge in [-0.3, -0.25) is 14.2 Å². The molecule has 0 aromatic carbocycles. The number of hydrogen-bond donors (Lipinski definition) is 1. The second-order valence-electron chi connectivity index (χ2n) is 3.53. The molecular formula is C11H13ClN4O2. The number of aryl methyl sites for hydroxylation is 1. The standard InChI is InChI=1S/C11H13ClN4O2/c1-2-9-15-8(12)6-11(18)16(9)7-10(17)14-5-3-4-13/h6H,2-3,5,7H2,1H3,(H,14,17). The van der Waals surface area contributed by atoms with E-state index in [1.165, 1.54) is 10.6 Å². The summed E-state index contributed by atoms with van der Waals surface area (Å²) in [4.78, 5) is 27.2.